The Morgan fingerprint density at radius 3 is 2.67 bits per heavy atom. The molecule has 98 valence electrons. The van der Waals surface area contributed by atoms with Gasteiger partial charge < -0.3 is 9.47 Å². The van der Waals surface area contributed by atoms with E-state index in [2.05, 4.69) is 0 Å². The third-order valence-corrected chi connectivity index (χ3v) is 2.91. The topological polar surface area (TPSA) is 35.5 Å². The van der Waals surface area contributed by atoms with Crippen LogP contribution in [0.2, 0.25) is 0 Å². The zero-order chi connectivity index (χ0) is 13.2. The second kappa shape index (κ2) is 5.11. The summed E-state index contributed by atoms with van der Waals surface area (Å²) in [5.74, 6) is 1.05. The lowest BCUT2D eigenvalue weighted by molar-refractivity contribution is -0.0163. The summed E-state index contributed by atoms with van der Waals surface area (Å²) in [5, 5.41) is 0. The first-order valence-electron chi connectivity index (χ1n) is 6.39. The summed E-state index contributed by atoms with van der Waals surface area (Å²) in [4.78, 5) is 11.6. The van der Waals surface area contributed by atoms with Gasteiger partial charge in [-0.2, -0.15) is 0 Å². The maximum Gasteiger partial charge on any atom is 0.163 e. The molecule has 0 heterocycles. The Hall–Kier alpha value is -1.35. The molecule has 0 aromatic heterocycles. The molecule has 0 bridgehead atoms. The summed E-state index contributed by atoms with van der Waals surface area (Å²) in [7, 11) is 0. The number of Topliss-reactive ketones (excluding diaryl/α,β-unsaturated/α-hetero) is 1. The first kappa shape index (κ1) is 13.1. The van der Waals surface area contributed by atoms with Gasteiger partial charge in [0.25, 0.3) is 0 Å². The van der Waals surface area contributed by atoms with Gasteiger partial charge in [-0.1, -0.05) is 12.1 Å². The summed E-state index contributed by atoms with van der Waals surface area (Å²) in [5.41, 5.74) is 1.74. The van der Waals surface area contributed by atoms with Crippen molar-refractivity contribution in [1.82, 2.24) is 0 Å². The van der Waals surface area contributed by atoms with Crippen LogP contribution in [0, 0.1) is 0 Å². The number of fused-ring (bicyclic) bond motifs is 1. The highest BCUT2D eigenvalue weighted by atomic mass is 16.5. The van der Waals surface area contributed by atoms with Crippen LogP contribution in [0.5, 0.6) is 5.75 Å². The number of hydrogen-bond acceptors (Lipinski definition) is 3. The van der Waals surface area contributed by atoms with E-state index >= 15 is 0 Å². The molecule has 1 aromatic carbocycles. The standard InChI is InChI=1S/C15H20O3/c1-15(2,3)18-10-9-17-14-6-4-5-11-12(14)7-8-13(11)16/h4-6H,7-10H2,1-3H3. The molecule has 1 aliphatic rings. The van der Waals surface area contributed by atoms with Gasteiger partial charge in [-0.25, -0.2) is 0 Å². The van der Waals surface area contributed by atoms with Crippen LogP contribution in [0.4, 0.5) is 0 Å². The van der Waals surface area contributed by atoms with Crippen molar-refractivity contribution in [3.8, 4) is 5.75 Å². The van der Waals surface area contributed by atoms with Gasteiger partial charge >= 0.3 is 0 Å². The van der Waals surface area contributed by atoms with Gasteiger partial charge in [0.1, 0.15) is 12.4 Å². The summed E-state index contributed by atoms with van der Waals surface area (Å²) in [6, 6.07) is 5.68. The summed E-state index contributed by atoms with van der Waals surface area (Å²) in [6.07, 6.45) is 1.40. The molecule has 0 aliphatic heterocycles. The third kappa shape index (κ3) is 3.10. The first-order valence-corrected chi connectivity index (χ1v) is 6.39. The number of carbonyl (C=O) groups excluding carboxylic acids is 1. The second-order valence-electron chi connectivity index (χ2n) is 5.51. The Kier molecular flexibility index (Phi) is 3.71. The van der Waals surface area contributed by atoms with Crippen LogP contribution in [0.1, 0.15) is 43.1 Å². The lowest BCUT2D eigenvalue weighted by Crippen LogP contribution is -2.22. The second-order valence-corrected chi connectivity index (χ2v) is 5.51. The van der Waals surface area contributed by atoms with E-state index in [1.165, 1.54) is 0 Å². The maximum absolute atomic E-state index is 11.6. The van der Waals surface area contributed by atoms with E-state index in [1.807, 2.05) is 39.0 Å². The molecule has 1 aliphatic carbocycles. The molecule has 0 fully saturated rings. The molecule has 0 atom stereocenters. The van der Waals surface area contributed by atoms with Crippen molar-refractivity contribution in [2.45, 2.75) is 39.2 Å². The Labute approximate surface area is 108 Å². The zero-order valence-electron chi connectivity index (χ0n) is 11.3. The fourth-order valence-corrected chi connectivity index (χ4v) is 2.09. The zero-order valence-corrected chi connectivity index (χ0v) is 11.3. The highest BCUT2D eigenvalue weighted by Crippen LogP contribution is 2.30. The third-order valence-electron chi connectivity index (χ3n) is 2.91. The Balaban J connectivity index is 1.93. The molecule has 0 amide bonds. The Morgan fingerprint density at radius 2 is 1.94 bits per heavy atom. The van der Waals surface area contributed by atoms with Crippen molar-refractivity contribution in [3.63, 3.8) is 0 Å². The van der Waals surface area contributed by atoms with Gasteiger partial charge in [0.15, 0.2) is 5.78 Å². The van der Waals surface area contributed by atoms with Crippen molar-refractivity contribution >= 4 is 5.78 Å². The predicted molar refractivity (Wildman–Crippen MR) is 70.3 cm³/mol. The Morgan fingerprint density at radius 1 is 1.17 bits per heavy atom. The van der Waals surface area contributed by atoms with Gasteiger partial charge in [0.2, 0.25) is 0 Å². The molecule has 0 N–H and O–H groups in total. The molecule has 0 unspecified atom stereocenters. The smallest absolute Gasteiger partial charge is 0.163 e. The maximum atomic E-state index is 11.6. The fraction of sp³-hybridized carbons (Fsp3) is 0.533. The lowest BCUT2D eigenvalue weighted by atomic mass is 10.1. The van der Waals surface area contributed by atoms with Crippen molar-refractivity contribution in [2.75, 3.05) is 13.2 Å². The van der Waals surface area contributed by atoms with E-state index in [4.69, 9.17) is 9.47 Å². The van der Waals surface area contributed by atoms with Crippen LogP contribution in [0.25, 0.3) is 0 Å². The van der Waals surface area contributed by atoms with E-state index in [0.29, 0.717) is 19.6 Å². The van der Waals surface area contributed by atoms with E-state index in [9.17, 15) is 4.79 Å². The molecule has 1 aromatic rings. The summed E-state index contributed by atoms with van der Waals surface area (Å²) >= 11 is 0. The number of hydrogen-bond donors (Lipinski definition) is 0. The minimum absolute atomic E-state index is 0.141. The van der Waals surface area contributed by atoms with Gasteiger partial charge in [0, 0.05) is 17.5 Å². The summed E-state index contributed by atoms with van der Waals surface area (Å²) < 4.78 is 11.3. The monoisotopic (exact) mass is 248 g/mol. The minimum atomic E-state index is -0.141. The number of benzene rings is 1. The van der Waals surface area contributed by atoms with Gasteiger partial charge in [-0.15, -0.1) is 0 Å². The van der Waals surface area contributed by atoms with Crippen LogP contribution in [0.15, 0.2) is 18.2 Å². The van der Waals surface area contributed by atoms with Gasteiger partial charge in [-0.3, -0.25) is 4.79 Å². The first-order chi connectivity index (χ1) is 8.47. The predicted octanol–water partition coefficient (Wildman–Crippen LogP) is 3.01. The molecule has 2 rings (SSSR count). The lowest BCUT2D eigenvalue weighted by Gasteiger charge is -2.19. The molecule has 0 saturated heterocycles. The van der Waals surface area contributed by atoms with Crippen molar-refractivity contribution in [1.29, 1.82) is 0 Å². The van der Waals surface area contributed by atoms with E-state index in [0.717, 1.165) is 23.3 Å². The normalized spacial score (nSPS) is 14.7. The molecule has 0 radical (unpaired) electrons. The number of carbonyl (C=O) groups is 1. The number of ether oxygens (including phenoxy) is 2. The highest BCUT2D eigenvalue weighted by Gasteiger charge is 2.22. The largest absolute Gasteiger partial charge is 0.491 e. The van der Waals surface area contributed by atoms with Crippen LogP contribution in [0.3, 0.4) is 0 Å². The Bertz CT molecular complexity index is 444. The van der Waals surface area contributed by atoms with Crippen LogP contribution in [-0.2, 0) is 11.2 Å². The fourth-order valence-electron chi connectivity index (χ4n) is 2.09. The van der Waals surface area contributed by atoms with Crippen molar-refractivity contribution in [3.05, 3.63) is 29.3 Å². The van der Waals surface area contributed by atoms with Gasteiger partial charge in [0.05, 0.1) is 12.2 Å². The van der Waals surface area contributed by atoms with Gasteiger partial charge in [-0.05, 0) is 33.3 Å². The SMILES string of the molecule is CC(C)(C)OCCOc1cccc2c1CCC2=O. The quantitative estimate of drug-likeness (QED) is 0.768. The molecule has 3 nitrogen and oxygen atoms in total. The van der Waals surface area contributed by atoms with Crippen LogP contribution in [-0.4, -0.2) is 24.6 Å². The van der Waals surface area contributed by atoms with Crippen LogP contribution >= 0.6 is 0 Å². The molecule has 3 heteroatoms. The summed E-state index contributed by atoms with van der Waals surface area (Å²) in [6.45, 7) is 7.13. The minimum Gasteiger partial charge on any atom is -0.491 e. The average Bonchev–Trinajstić information content (AvgIpc) is 2.67. The highest BCUT2D eigenvalue weighted by molar-refractivity contribution is 6.01. The number of ketones is 1. The molecular formula is C15H20O3. The number of rotatable bonds is 4. The molecule has 0 spiro atoms. The molecule has 18 heavy (non-hydrogen) atoms. The van der Waals surface area contributed by atoms with E-state index in [-0.39, 0.29) is 11.4 Å². The van der Waals surface area contributed by atoms with Crippen molar-refractivity contribution in [2.24, 2.45) is 0 Å². The molecule has 0 saturated carbocycles. The van der Waals surface area contributed by atoms with E-state index in [1.54, 1.807) is 0 Å². The average molecular weight is 248 g/mol. The molecular weight excluding hydrogens is 228 g/mol. The van der Waals surface area contributed by atoms with Crippen LogP contribution < -0.4 is 4.74 Å². The van der Waals surface area contributed by atoms with Crippen molar-refractivity contribution < 1.29 is 14.3 Å². The van der Waals surface area contributed by atoms with E-state index < -0.39 is 0 Å².